The summed E-state index contributed by atoms with van der Waals surface area (Å²) in [5, 5.41) is 3.48. The van der Waals surface area contributed by atoms with E-state index >= 15 is 0 Å². The van der Waals surface area contributed by atoms with Gasteiger partial charge in [-0.1, -0.05) is 6.07 Å². The van der Waals surface area contributed by atoms with E-state index in [9.17, 15) is 0 Å². The third-order valence-electron chi connectivity index (χ3n) is 4.05. The van der Waals surface area contributed by atoms with Crippen LogP contribution in [0.5, 0.6) is 0 Å². The monoisotopic (exact) mass is 243 g/mol. The van der Waals surface area contributed by atoms with Crippen LogP contribution in [-0.2, 0) is 6.54 Å². The molecule has 1 aromatic carbocycles. The Labute approximate surface area is 108 Å². The van der Waals surface area contributed by atoms with Crippen LogP contribution in [0, 0.1) is 6.92 Å². The minimum atomic E-state index is 0.662. The number of nitrogens with one attached hydrogen (secondary N) is 1. The summed E-state index contributed by atoms with van der Waals surface area (Å²) in [5.41, 5.74) is 3.86. The van der Waals surface area contributed by atoms with Crippen molar-refractivity contribution < 1.29 is 0 Å². The second-order valence-corrected chi connectivity index (χ2v) is 5.19. The molecule has 1 aliphatic heterocycles. The topological polar surface area (TPSA) is 29.9 Å². The molecule has 96 valence electrons. The van der Waals surface area contributed by atoms with Gasteiger partial charge in [-0.15, -0.1) is 0 Å². The first-order valence-electron chi connectivity index (χ1n) is 6.97. The maximum absolute atomic E-state index is 4.68. The smallest absolute Gasteiger partial charge is 0.106 e. The lowest BCUT2D eigenvalue weighted by Crippen LogP contribution is -2.28. The average Bonchev–Trinajstić information content (AvgIpc) is 2.74. The molecule has 0 bridgehead atoms. The molecule has 18 heavy (non-hydrogen) atoms. The zero-order valence-electron chi connectivity index (χ0n) is 11.2. The van der Waals surface area contributed by atoms with Gasteiger partial charge >= 0.3 is 0 Å². The summed E-state index contributed by atoms with van der Waals surface area (Å²) in [7, 11) is 0. The van der Waals surface area contributed by atoms with Gasteiger partial charge in [0.25, 0.3) is 0 Å². The van der Waals surface area contributed by atoms with Crippen molar-refractivity contribution in [2.75, 3.05) is 13.1 Å². The minimum Gasteiger partial charge on any atom is -0.329 e. The van der Waals surface area contributed by atoms with Gasteiger partial charge in [-0.25, -0.2) is 4.98 Å². The Morgan fingerprint density at radius 1 is 1.44 bits per heavy atom. The van der Waals surface area contributed by atoms with Gasteiger partial charge in [0.15, 0.2) is 0 Å². The summed E-state index contributed by atoms with van der Waals surface area (Å²) >= 11 is 0. The summed E-state index contributed by atoms with van der Waals surface area (Å²) < 4.78 is 2.28. The molecule has 3 rings (SSSR count). The molecule has 2 heterocycles. The first-order chi connectivity index (χ1) is 8.79. The molecule has 1 saturated heterocycles. The van der Waals surface area contributed by atoms with Crippen LogP contribution in [0.25, 0.3) is 11.0 Å². The van der Waals surface area contributed by atoms with E-state index in [2.05, 4.69) is 46.9 Å². The van der Waals surface area contributed by atoms with E-state index in [4.69, 9.17) is 0 Å². The fourth-order valence-corrected chi connectivity index (χ4v) is 3.06. The van der Waals surface area contributed by atoms with Gasteiger partial charge in [0.05, 0.1) is 11.0 Å². The zero-order chi connectivity index (χ0) is 12.5. The third-order valence-corrected chi connectivity index (χ3v) is 4.05. The van der Waals surface area contributed by atoms with Crippen molar-refractivity contribution in [3.63, 3.8) is 0 Å². The standard InChI is InChI=1S/C15H21N3/c1-3-18-11(2)17-14-9-12(6-7-15(14)18)13-5-4-8-16-10-13/h6-7,9,13,16H,3-5,8,10H2,1-2H3. The van der Waals surface area contributed by atoms with Crippen molar-refractivity contribution in [1.82, 2.24) is 14.9 Å². The highest BCUT2D eigenvalue weighted by atomic mass is 15.1. The van der Waals surface area contributed by atoms with Gasteiger partial charge in [0, 0.05) is 13.1 Å². The Kier molecular flexibility index (Phi) is 3.08. The number of benzene rings is 1. The average molecular weight is 243 g/mol. The Morgan fingerprint density at radius 3 is 3.06 bits per heavy atom. The van der Waals surface area contributed by atoms with E-state index in [0.717, 1.165) is 24.4 Å². The molecule has 2 aromatic rings. The van der Waals surface area contributed by atoms with E-state index in [-0.39, 0.29) is 0 Å². The van der Waals surface area contributed by atoms with Crippen molar-refractivity contribution in [3.8, 4) is 0 Å². The predicted octanol–water partition coefficient (Wildman–Crippen LogP) is 2.83. The summed E-state index contributed by atoms with van der Waals surface area (Å²) in [5.74, 6) is 1.78. The number of hydrogen-bond acceptors (Lipinski definition) is 2. The molecular weight excluding hydrogens is 222 g/mol. The normalized spacial score (nSPS) is 20.4. The van der Waals surface area contributed by atoms with Gasteiger partial charge < -0.3 is 9.88 Å². The molecular formula is C15H21N3. The Bertz CT molecular complexity index is 550. The quantitative estimate of drug-likeness (QED) is 0.879. The van der Waals surface area contributed by atoms with Crippen molar-refractivity contribution in [2.45, 2.75) is 39.2 Å². The second-order valence-electron chi connectivity index (χ2n) is 5.19. The van der Waals surface area contributed by atoms with Gasteiger partial charge in [-0.3, -0.25) is 0 Å². The molecule has 0 aliphatic carbocycles. The first kappa shape index (κ1) is 11.7. The van der Waals surface area contributed by atoms with E-state index in [1.54, 1.807) is 0 Å². The van der Waals surface area contributed by atoms with Crippen LogP contribution in [-0.4, -0.2) is 22.6 Å². The van der Waals surface area contributed by atoms with E-state index in [1.165, 1.54) is 30.5 Å². The van der Waals surface area contributed by atoms with Crippen LogP contribution in [0.15, 0.2) is 18.2 Å². The van der Waals surface area contributed by atoms with Crippen LogP contribution in [0.2, 0.25) is 0 Å². The highest BCUT2D eigenvalue weighted by Crippen LogP contribution is 2.26. The Hall–Kier alpha value is -1.35. The highest BCUT2D eigenvalue weighted by Gasteiger charge is 2.16. The van der Waals surface area contributed by atoms with Crippen molar-refractivity contribution in [1.29, 1.82) is 0 Å². The third kappa shape index (κ3) is 1.93. The first-order valence-corrected chi connectivity index (χ1v) is 6.97. The highest BCUT2D eigenvalue weighted by molar-refractivity contribution is 5.77. The maximum atomic E-state index is 4.68. The lowest BCUT2D eigenvalue weighted by atomic mass is 9.91. The fraction of sp³-hybridized carbons (Fsp3) is 0.533. The molecule has 3 nitrogen and oxygen atoms in total. The second kappa shape index (κ2) is 4.73. The number of hydrogen-bond donors (Lipinski definition) is 1. The zero-order valence-corrected chi connectivity index (χ0v) is 11.2. The van der Waals surface area contributed by atoms with Crippen LogP contribution >= 0.6 is 0 Å². The van der Waals surface area contributed by atoms with Crippen LogP contribution in [0.4, 0.5) is 0 Å². The van der Waals surface area contributed by atoms with Crippen LogP contribution in [0.1, 0.15) is 37.1 Å². The van der Waals surface area contributed by atoms with Gasteiger partial charge in [0.1, 0.15) is 5.82 Å². The van der Waals surface area contributed by atoms with Crippen molar-refractivity contribution in [2.24, 2.45) is 0 Å². The van der Waals surface area contributed by atoms with E-state index in [1.807, 2.05) is 0 Å². The summed E-state index contributed by atoms with van der Waals surface area (Å²) in [6.45, 7) is 7.53. The molecule has 3 heteroatoms. The Morgan fingerprint density at radius 2 is 2.33 bits per heavy atom. The molecule has 1 fully saturated rings. The fourth-order valence-electron chi connectivity index (χ4n) is 3.06. The van der Waals surface area contributed by atoms with Crippen LogP contribution < -0.4 is 5.32 Å². The summed E-state index contributed by atoms with van der Waals surface area (Å²) in [6, 6.07) is 6.81. The number of fused-ring (bicyclic) bond motifs is 1. The SMILES string of the molecule is CCn1c(C)nc2cc(C3CCCNC3)ccc21. The van der Waals surface area contributed by atoms with E-state index in [0.29, 0.717) is 5.92 Å². The lowest BCUT2D eigenvalue weighted by molar-refractivity contribution is 0.462. The molecule has 0 saturated carbocycles. The summed E-state index contributed by atoms with van der Waals surface area (Å²) in [4.78, 5) is 4.68. The van der Waals surface area contributed by atoms with Crippen molar-refractivity contribution in [3.05, 3.63) is 29.6 Å². The largest absolute Gasteiger partial charge is 0.329 e. The van der Waals surface area contributed by atoms with E-state index < -0.39 is 0 Å². The molecule has 0 amide bonds. The molecule has 1 aliphatic rings. The van der Waals surface area contributed by atoms with Gasteiger partial charge in [-0.05, 0) is 56.8 Å². The number of aryl methyl sites for hydroxylation is 2. The molecule has 1 unspecified atom stereocenters. The molecule has 0 radical (unpaired) electrons. The maximum Gasteiger partial charge on any atom is 0.106 e. The van der Waals surface area contributed by atoms with Crippen LogP contribution in [0.3, 0.4) is 0 Å². The molecule has 0 spiro atoms. The minimum absolute atomic E-state index is 0.662. The van der Waals surface area contributed by atoms with Gasteiger partial charge in [0.2, 0.25) is 0 Å². The number of nitrogens with zero attached hydrogens (tertiary/aromatic N) is 2. The molecule has 1 N–H and O–H groups in total. The lowest BCUT2D eigenvalue weighted by Gasteiger charge is -2.23. The van der Waals surface area contributed by atoms with Gasteiger partial charge in [-0.2, -0.15) is 0 Å². The predicted molar refractivity (Wildman–Crippen MR) is 75.0 cm³/mol. The molecule has 1 aromatic heterocycles. The number of aromatic nitrogens is 2. The summed E-state index contributed by atoms with van der Waals surface area (Å²) in [6.07, 6.45) is 2.58. The number of imidazole rings is 1. The number of rotatable bonds is 2. The van der Waals surface area contributed by atoms with Crippen molar-refractivity contribution >= 4 is 11.0 Å². The number of piperidine rings is 1. The Balaban J connectivity index is 2.00. The molecule has 1 atom stereocenters.